The van der Waals surface area contributed by atoms with Crippen LogP contribution in [-0.4, -0.2) is 24.4 Å². The Kier molecular flexibility index (Phi) is 5.78. The van der Waals surface area contributed by atoms with E-state index in [0.717, 1.165) is 31.2 Å². The van der Waals surface area contributed by atoms with Crippen LogP contribution in [0, 0.1) is 5.92 Å². The van der Waals surface area contributed by atoms with Crippen molar-refractivity contribution < 1.29 is 9.59 Å². The lowest BCUT2D eigenvalue weighted by Crippen LogP contribution is -2.48. The minimum Gasteiger partial charge on any atom is -0.348 e. The van der Waals surface area contributed by atoms with Gasteiger partial charge in [0.25, 0.3) is 0 Å². The van der Waals surface area contributed by atoms with Crippen LogP contribution in [0.5, 0.6) is 0 Å². The SMILES string of the molecule is C[C@@H]1CCCC[C@H]1NC(=O)C(=O)NCCc1ccccc1. The molecule has 114 valence electrons. The van der Waals surface area contributed by atoms with Crippen molar-refractivity contribution in [2.45, 2.75) is 45.1 Å². The summed E-state index contributed by atoms with van der Waals surface area (Å²) in [6.07, 6.45) is 5.19. The standard InChI is InChI=1S/C17H24N2O2/c1-13-7-5-6-10-15(13)19-17(21)16(20)18-12-11-14-8-3-2-4-9-14/h2-4,8-9,13,15H,5-7,10-12H2,1H3,(H,18,20)(H,19,21)/t13-,15-/m1/s1. The number of hydrogen-bond acceptors (Lipinski definition) is 2. The van der Waals surface area contributed by atoms with Gasteiger partial charge in [-0.2, -0.15) is 0 Å². The summed E-state index contributed by atoms with van der Waals surface area (Å²) in [5.74, 6) is -0.565. The van der Waals surface area contributed by atoms with Crippen LogP contribution >= 0.6 is 0 Å². The van der Waals surface area contributed by atoms with Crippen LogP contribution in [0.4, 0.5) is 0 Å². The van der Waals surface area contributed by atoms with Crippen LogP contribution < -0.4 is 10.6 Å². The molecule has 0 spiro atoms. The van der Waals surface area contributed by atoms with E-state index in [4.69, 9.17) is 0 Å². The van der Waals surface area contributed by atoms with E-state index in [2.05, 4.69) is 17.6 Å². The van der Waals surface area contributed by atoms with Crippen molar-refractivity contribution in [3.63, 3.8) is 0 Å². The van der Waals surface area contributed by atoms with Gasteiger partial charge in [0.1, 0.15) is 0 Å². The van der Waals surface area contributed by atoms with Gasteiger partial charge in [0.15, 0.2) is 0 Å². The molecule has 2 N–H and O–H groups in total. The van der Waals surface area contributed by atoms with E-state index < -0.39 is 11.8 Å². The van der Waals surface area contributed by atoms with Gasteiger partial charge in [0.05, 0.1) is 0 Å². The average molecular weight is 288 g/mol. The topological polar surface area (TPSA) is 58.2 Å². The molecular formula is C17H24N2O2. The highest BCUT2D eigenvalue weighted by Crippen LogP contribution is 2.23. The third-order valence-electron chi connectivity index (χ3n) is 4.18. The molecule has 21 heavy (non-hydrogen) atoms. The smallest absolute Gasteiger partial charge is 0.309 e. The van der Waals surface area contributed by atoms with Gasteiger partial charge in [-0.25, -0.2) is 0 Å². The summed E-state index contributed by atoms with van der Waals surface area (Å²) in [7, 11) is 0. The molecule has 1 aromatic rings. The summed E-state index contributed by atoms with van der Waals surface area (Å²) >= 11 is 0. The highest BCUT2D eigenvalue weighted by Gasteiger charge is 2.25. The number of carbonyl (C=O) groups is 2. The Balaban J connectivity index is 1.71. The van der Waals surface area contributed by atoms with Crippen LogP contribution in [0.15, 0.2) is 30.3 Å². The van der Waals surface area contributed by atoms with Crippen molar-refractivity contribution in [3.8, 4) is 0 Å². The quantitative estimate of drug-likeness (QED) is 0.833. The summed E-state index contributed by atoms with van der Waals surface area (Å²) in [5, 5.41) is 5.55. The van der Waals surface area contributed by atoms with Crippen LogP contribution in [0.2, 0.25) is 0 Å². The Morgan fingerprint density at radius 3 is 2.52 bits per heavy atom. The second-order valence-corrected chi connectivity index (χ2v) is 5.83. The van der Waals surface area contributed by atoms with E-state index in [1.54, 1.807) is 0 Å². The fraction of sp³-hybridized carbons (Fsp3) is 0.529. The van der Waals surface area contributed by atoms with Gasteiger partial charge in [-0.1, -0.05) is 50.1 Å². The Morgan fingerprint density at radius 2 is 1.81 bits per heavy atom. The molecule has 0 bridgehead atoms. The number of amides is 2. The lowest BCUT2D eigenvalue weighted by atomic mass is 9.86. The first-order valence-corrected chi connectivity index (χ1v) is 7.79. The molecule has 0 aromatic heterocycles. The zero-order valence-corrected chi connectivity index (χ0v) is 12.6. The molecule has 2 rings (SSSR count). The maximum absolute atomic E-state index is 11.9. The van der Waals surface area contributed by atoms with E-state index in [0.29, 0.717) is 12.5 Å². The minimum atomic E-state index is -0.524. The first kappa shape index (κ1) is 15.5. The number of hydrogen-bond donors (Lipinski definition) is 2. The predicted octanol–water partition coefficient (Wildman–Crippen LogP) is 2.04. The molecule has 1 saturated carbocycles. The molecule has 1 aliphatic carbocycles. The number of nitrogens with one attached hydrogen (secondary N) is 2. The summed E-state index contributed by atoms with van der Waals surface area (Å²) in [6.45, 7) is 2.62. The van der Waals surface area contributed by atoms with Gasteiger partial charge >= 0.3 is 11.8 Å². The monoisotopic (exact) mass is 288 g/mol. The second-order valence-electron chi connectivity index (χ2n) is 5.83. The Bertz CT molecular complexity index is 473. The molecule has 0 aliphatic heterocycles. The summed E-state index contributed by atoms with van der Waals surface area (Å²) < 4.78 is 0. The van der Waals surface area contributed by atoms with Crippen LogP contribution in [-0.2, 0) is 16.0 Å². The molecule has 1 aromatic carbocycles. The van der Waals surface area contributed by atoms with Gasteiger partial charge in [0, 0.05) is 12.6 Å². The Labute approximate surface area is 126 Å². The maximum Gasteiger partial charge on any atom is 0.309 e. The van der Waals surface area contributed by atoms with Gasteiger partial charge in [-0.05, 0) is 30.7 Å². The van der Waals surface area contributed by atoms with E-state index in [1.807, 2.05) is 30.3 Å². The van der Waals surface area contributed by atoms with Crippen molar-refractivity contribution in [1.82, 2.24) is 10.6 Å². The second kappa shape index (κ2) is 7.81. The fourth-order valence-corrected chi connectivity index (χ4v) is 2.81. The zero-order chi connectivity index (χ0) is 15.1. The molecule has 4 heteroatoms. The van der Waals surface area contributed by atoms with Gasteiger partial charge < -0.3 is 10.6 Å². The molecule has 0 saturated heterocycles. The van der Waals surface area contributed by atoms with Crippen LogP contribution in [0.25, 0.3) is 0 Å². The largest absolute Gasteiger partial charge is 0.348 e. The maximum atomic E-state index is 11.9. The molecule has 0 heterocycles. The highest BCUT2D eigenvalue weighted by atomic mass is 16.2. The van der Waals surface area contributed by atoms with E-state index >= 15 is 0 Å². The number of carbonyl (C=O) groups excluding carboxylic acids is 2. The van der Waals surface area contributed by atoms with Crippen molar-refractivity contribution in [2.24, 2.45) is 5.92 Å². The van der Waals surface area contributed by atoms with Crippen LogP contribution in [0.3, 0.4) is 0 Å². The Hall–Kier alpha value is -1.84. The molecule has 0 unspecified atom stereocenters. The van der Waals surface area contributed by atoms with Gasteiger partial charge in [0.2, 0.25) is 0 Å². The molecule has 0 radical (unpaired) electrons. The molecule has 4 nitrogen and oxygen atoms in total. The van der Waals surface area contributed by atoms with Crippen molar-refractivity contribution in [2.75, 3.05) is 6.54 Å². The Morgan fingerprint density at radius 1 is 1.10 bits per heavy atom. The number of benzene rings is 1. The number of rotatable bonds is 4. The lowest BCUT2D eigenvalue weighted by Gasteiger charge is -2.29. The summed E-state index contributed by atoms with van der Waals surface area (Å²) in [6, 6.07) is 10.1. The van der Waals surface area contributed by atoms with E-state index in [1.165, 1.54) is 6.42 Å². The minimum absolute atomic E-state index is 0.145. The lowest BCUT2D eigenvalue weighted by molar-refractivity contribution is -0.139. The zero-order valence-electron chi connectivity index (χ0n) is 12.6. The first-order valence-electron chi connectivity index (χ1n) is 7.79. The van der Waals surface area contributed by atoms with Gasteiger partial charge in [-0.3, -0.25) is 9.59 Å². The summed E-state index contributed by atoms with van der Waals surface area (Å²) in [4.78, 5) is 23.7. The molecule has 2 amide bonds. The third kappa shape index (κ3) is 4.88. The summed E-state index contributed by atoms with van der Waals surface area (Å²) in [5.41, 5.74) is 1.15. The predicted molar refractivity (Wildman–Crippen MR) is 82.7 cm³/mol. The molecular weight excluding hydrogens is 264 g/mol. The third-order valence-corrected chi connectivity index (χ3v) is 4.18. The first-order chi connectivity index (χ1) is 10.2. The normalized spacial score (nSPS) is 21.6. The van der Waals surface area contributed by atoms with E-state index in [9.17, 15) is 9.59 Å². The average Bonchev–Trinajstić information content (AvgIpc) is 2.50. The molecule has 1 fully saturated rings. The molecule has 1 aliphatic rings. The van der Waals surface area contributed by atoms with E-state index in [-0.39, 0.29) is 6.04 Å². The van der Waals surface area contributed by atoms with Crippen molar-refractivity contribution in [1.29, 1.82) is 0 Å². The van der Waals surface area contributed by atoms with Crippen molar-refractivity contribution >= 4 is 11.8 Å². The van der Waals surface area contributed by atoms with Crippen LogP contribution in [0.1, 0.15) is 38.2 Å². The fourth-order valence-electron chi connectivity index (χ4n) is 2.81. The highest BCUT2D eigenvalue weighted by molar-refractivity contribution is 6.35. The van der Waals surface area contributed by atoms with Gasteiger partial charge in [-0.15, -0.1) is 0 Å². The van der Waals surface area contributed by atoms with Crippen molar-refractivity contribution in [3.05, 3.63) is 35.9 Å². The molecule has 2 atom stereocenters.